The van der Waals surface area contributed by atoms with Crippen LogP contribution in [0.2, 0.25) is 5.02 Å². The Balaban J connectivity index is 1.71. The summed E-state index contributed by atoms with van der Waals surface area (Å²) in [6.07, 6.45) is 0. The first-order valence-corrected chi connectivity index (χ1v) is 7.91. The number of hydrogen-bond donors (Lipinski definition) is 1. The van der Waals surface area contributed by atoms with Gasteiger partial charge < -0.3 is 5.32 Å². The molecule has 0 aliphatic rings. The lowest BCUT2D eigenvalue weighted by molar-refractivity contribution is 1.22. The Morgan fingerprint density at radius 2 is 1.79 bits per heavy atom. The Morgan fingerprint density at radius 3 is 2.58 bits per heavy atom. The maximum Gasteiger partial charge on any atom is 0.0637 e. The molecule has 0 aliphatic carbocycles. The molecule has 19 heavy (non-hydrogen) atoms. The largest absolute Gasteiger partial charge is 0.383 e. The van der Waals surface area contributed by atoms with Gasteiger partial charge >= 0.3 is 0 Å². The van der Waals surface area contributed by atoms with Gasteiger partial charge in [-0.1, -0.05) is 48.0 Å². The molecule has 0 atom stereocenters. The van der Waals surface area contributed by atoms with Gasteiger partial charge in [-0.25, -0.2) is 0 Å². The predicted octanol–water partition coefficient (Wildman–Crippen LogP) is 4.99. The summed E-state index contributed by atoms with van der Waals surface area (Å²) in [4.78, 5) is 0. The van der Waals surface area contributed by atoms with Gasteiger partial charge in [-0.2, -0.15) is 11.8 Å². The van der Waals surface area contributed by atoms with Crippen molar-refractivity contribution < 1.29 is 0 Å². The number of hydrogen-bond acceptors (Lipinski definition) is 2. The minimum Gasteiger partial charge on any atom is -0.383 e. The highest BCUT2D eigenvalue weighted by molar-refractivity contribution is 7.98. The zero-order chi connectivity index (χ0) is 13.5. The average Bonchev–Trinajstić information content (AvgIpc) is 2.42. The molecule has 0 saturated carbocycles. The summed E-state index contributed by atoms with van der Waals surface area (Å²) in [6, 6.07) is 16.4. The molecule has 0 aromatic heterocycles. The third-order valence-electron chi connectivity index (χ3n) is 2.95. The molecule has 2 aromatic rings. The van der Waals surface area contributed by atoms with Gasteiger partial charge in [0, 0.05) is 18.1 Å². The molecule has 0 bridgehead atoms. The van der Waals surface area contributed by atoms with Gasteiger partial charge in [-0.05, 0) is 30.2 Å². The van der Waals surface area contributed by atoms with Crippen molar-refractivity contribution in [3.63, 3.8) is 0 Å². The van der Waals surface area contributed by atoms with Crippen LogP contribution in [0.5, 0.6) is 0 Å². The van der Waals surface area contributed by atoms with E-state index in [-0.39, 0.29) is 0 Å². The summed E-state index contributed by atoms with van der Waals surface area (Å²) >= 11 is 8.02. The smallest absolute Gasteiger partial charge is 0.0637 e. The van der Waals surface area contributed by atoms with E-state index in [9.17, 15) is 0 Å². The standard InChI is InChI=1S/C16H18ClNS/c1-13-6-2-3-7-14(13)12-19-11-10-18-16-9-5-4-8-15(16)17/h2-9,18H,10-12H2,1H3. The van der Waals surface area contributed by atoms with E-state index in [0.29, 0.717) is 0 Å². The lowest BCUT2D eigenvalue weighted by Gasteiger charge is -2.08. The maximum absolute atomic E-state index is 6.08. The van der Waals surface area contributed by atoms with Gasteiger partial charge in [0.15, 0.2) is 0 Å². The number of thioether (sulfide) groups is 1. The van der Waals surface area contributed by atoms with Crippen LogP contribution in [0, 0.1) is 6.92 Å². The van der Waals surface area contributed by atoms with E-state index in [1.807, 2.05) is 36.0 Å². The van der Waals surface area contributed by atoms with Gasteiger partial charge in [0.2, 0.25) is 0 Å². The van der Waals surface area contributed by atoms with Crippen molar-refractivity contribution in [2.75, 3.05) is 17.6 Å². The number of halogens is 1. The third kappa shape index (κ3) is 4.48. The van der Waals surface area contributed by atoms with Crippen molar-refractivity contribution in [3.8, 4) is 0 Å². The van der Waals surface area contributed by atoms with E-state index in [0.717, 1.165) is 28.8 Å². The molecular formula is C16H18ClNS. The number of nitrogens with one attached hydrogen (secondary N) is 1. The molecule has 0 fully saturated rings. The van der Waals surface area contributed by atoms with E-state index in [4.69, 9.17) is 11.6 Å². The fourth-order valence-electron chi connectivity index (χ4n) is 1.82. The maximum atomic E-state index is 6.08. The molecule has 0 unspecified atom stereocenters. The highest BCUT2D eigenvalue weighted by atomic mass is 35.5. The summed E-state index contributed by atoms with van der Waals surface area (Å²) in [5.74, 6) is 2.14. The van der Waals surface area contributed by atoms with Crippen LogP contribution in [-0.2, 0) is 5.75 Å². The molecule has 0 heterocycles. The van der Waals surface area contributed by atoms with E-state index in [2.05, 4.69) is 36.5 Å². The molecule has 0 aliphatic heterocycles. The molecular weight excluding hydrogens is 274 g/mol. The minimum atomic E-state index is 0.784. The van der Waals surface area contributed by atoms with Crippen LogP contribution in [0.3, 0.4) is 0 Å². The van der Waals surface area contributed by atoms with Crippen molar-refractivity contribution in [1.82, 2.24) is 0 Å². The zero-order valence-electron chi connectivity index (χ0n) is 11.0. The topological polar surface area (TPSA) is 12.0 Å². The van der Waals surface area contributed by atoms with Crippen molar-refractivity contribution in [2.45, 2.75) is 12.7 Å². The second kappa shape index (κ2) is 7.46. The Hall–Kier alpha value is -1.12. The Kier molecular flexibility index (Phi) is 5.62. The minimum absolute atomic E-state index is 0.784. The summed E-state index contributed by atoms with van der Waals surface area (Å²) < 4.78 is 0. The van der Waals surface area contributed by atoms with Gasteiger partial charge in [0.25, 0.3) is 0 Å². The van der Waals surface area contributed by atoms with Crippen LogP contribution < -0.4 is 5.32 Å². The first-order valence-electron chi connectivity index (χ1n) is 6.38. The van der Waals surface area contributed by atoms with Crippen molar-refractivity contribution >= 4 is 29.1 Å². The highest BCUT2D eigenvalue weighted by Crippen LogP contribution is 2.21. The molecule has 2 rings (SSSR count). The first kappa shape index (κ1) is 14.3. The molecule has 3 heteroatoms. The molecule has 0 spiro atoms. The van der Waals surface area contributed by atoms with E-state index >= 15 is 0 Å². The van der Waals surface area contributed by atoms with Crippen LogP contribution >= 0.6 is 23.4 Å². The average molecular weight is 292 g/mol. The Labute approximate surface area is 124 Å². The van der Waals surface area contributed by atoms with E-state index in [1.165, 1.54) is 11.1 Å². The fourth-order valence-corrected chi connectivity index (χ4v) is 2.95. The highest BCUT2D eigenvalue weighted by Gasteiger charge is 1.99. The summed E-state index contributed by atoms with van der Waals surface area (Å²) in [5.41, 5.74) is 3.81. The molecule has 0 radical (unpaired) electrons. The van der Waals surface area contributed by atoms with E-state index in [1.54, 1.807) is 0 Å². The predicted molar refractivity (Wildman–Crippen MR) is 87.3 cm³/mol. The monoisotopic (exact) mass is 291 g/mol. The molecule has 1 nitrogen and oxygen atoms in total. The number of para-hydroxylation sites is 1. The summed E-state index contributed by atoms with van der Waals surface area (Å²) in [7, 11) is 0. The SMILES string of the molecule is Cc1ccccc1CSCCNc1ccccc1Cl. The van der Waals surface area contributed by atoms with E-state index < -0.39 is 0 Å². The van der Waals surface area contributed by atoms with Crippen LogP contribution in [0.1, 0.15) is 11.1 Å². The number of benzene rings is 2. The summed E-state index contributed by atoms with van der Waals surface area (Å²) in [5, 5.41) is 4.14. The van der Waals surface area contributed by atoms with Gasteiger partial charge in [0.05, 0.1) is 10.7 Å². The summed E-state index contributed by atoms with van der Waals surface area (Å²) in [6.45, 7) is 3.10. The Morgan fingerprint density at radius 1 is 1.05 bits per heavy atom. The van der Waals surface area contributed by atoms with Gasteiger partial charge in [-0.3, -0.25) is 0 Å². The normalized spacial score (nSPS) is 10.4. The molecule has 2 aromatic carbocycles. The third-order valence-corrected chi connectivity index (χ3v) is 4.29. The van der Waals surface area contributed by atoms with Crippen molar-refractivity contribution in [3.05, 3.63) is 64.7 Å². The molecule has 100 valence electrons. The quantitative estimate of drug-likeness (QED) is 0.752. The van der Waals surface area contributed by atoms with Crippen molar-refractivity contribution in [2.24, 2.45) is 0 Å². The molecule has 0 amide bonds. The number of anilines is 1. The van der Waals surface area contributed by atoms with Crippen LogP contribution in [0.4, 0.5) is 5.69 Å². The second-order valence-electron chi connectivity index (χ2n) is 4.39. The van der Waals surface area contributed by atoms with Crippen LogP contribution in [0.25, 0.3) is 0 Å². The number of aryl methyl sites for hydroxylation is 1. The van der Waals surface area contributed by atoms with Gasteiger partial charge in [-0.15, -0.1) is 0 Å². The lowest BCUT2D eigenvalue weighted by atomic mass is 10.1. The second-order valence-corrected chi connectivity index (χ2v) is 5.90. The van der Waals surface area contributed by atoms with Crippen LogP contribution in [-0.4, -0.2) is 12.3 Å². The fraction of sp³-hybridized carbons (Fsp3) is 0.250. The first-order chi connectivity index (χ1) is 9.27. The molecule has 1 N–H and O–H groups in total. The lowest BCUT2D eigenvalue weighted by Crippen LogP contribution is -2.04. The van der Waals surface area contributed by atoms with Gasteiger partial charge in [0.1, 0.15) is 0 Å². The van der Waals surface area contributed by atoms with Crippen LogP contribution in [0.15, 0.2) is 48.5 Å². The molecule has 0 saturated heterocycles. The zero-order valence-corrected chi connectivity index (χ0v) is 12.6. The number of rotatable bonds is 6. The van der Waals surface area contributed by atoms with Crippen molar-refractivity contribution in [1.29, 1.82) is 0 Å². The Bertz CT molecular complexity index is 480.